The first-order valence-electron chi connectivity index (χ1n) is 8.66. The smallest absolute Gasteiger partial charge is 0.264 e. The van der Waals surface area contributed by atoms with Crippen molar-refractivity contribution in [3.8, 4) is 5.75 Å². The number of hydrogen-bond donors (Lipinski definition) is 1. The Labute approximate surface area is 163 Å². The van der Waals surface area contributed by atoms with Crippen LogP contribution in [-0.4, -0.2) is 32.0 Å². The van der Waals surface area contributed by atoms with Crippen molar-refractivity contribution >= 4 is 35.3 Å². The summed E-state index contributed by atoms with van der Waals surface area (Å²) in [5.41, 5.74) is 2.12. The third-order valence-electron chi connectivity index (χ3n) is 4.16. The Hall–Kier alpha value is -2.73. The summed E-state index contributed by atoms with van der Waals surface area (Å²) in [4.78, 5) is 28.2. The molecule has 0 saturated heterocycles. The van der Waals surface area contributed by atoms with E-state index in [4.69, 9.17) is 4.74 Å². The second-order valence-electron chi connectivity index (χ2n) is 6.53. The average molecular weight is 382 g/mol. The minimum Gasteiger partial charge on any atom is -0.496 e. The Bertz CT molecular complexity index is 921. The fourth-order valence-corrected chi connectivity index (χ4v) is 3.89. The van der Waals surface area contributed by atoms with Gasteiger partial charge < -0.3 is 15.0 Å². The number of hydrogen-bond acceptors (Lipinski definition) is 4. The van der Waals surface area contributed by atoms with Gasteiger partial charge in [-0.15, -0.1) is 0 Å². The predicted octanol–water partition coefficient (Wildman–Crippen LogP) is 3.94. The topological polar surface area (TPSA) is 58.6 Å². The molecular weight excluding hydrogens is 360 g/mol. The molecule has 1 N–H and O–H groups in total. The van der Waals surface area contributed by atoms with E-state index in [1.807, 2.05) is 50.3 Å². The number of fused-ring (bicyclic) bond motifs is 1. The van der Waals surface area contributed by atoms with Crippen LogP contribution in [0.2, 0.25) is 0 Å². The summed E-state index contributed by atoms with van der Waals surface area (Å²) < 4.78 is 5.37. The molecule has 0 radical (unpaired) electrons. The lowest BCUT2D eigenvalue weighted by Gasteiger charge is -2.27. The number of methoxy groups -OCH3 is 1. The summed E-state index contributed by atoms with van der Waals surface area (Å²) in [5, 5.41) is 2.87. The van der Waals surface area contributed by atoms with E-state index >= 15 is 0 Å². The molecule has 3 rings (SSSR count). The maximum Gasteiger partial charge on any atom is 0.264 e. The second-order valence-corrected chi connectivity index (χ2v) is 7.61. The standard InChI is InChI=1S/C21H22N2O3S/c1-13(2)22-20(24)15-9-10-18-16(11-15)23(3)21(25)19(27-18)12-14-7-5-6-8-17(14)26-4/h5-13H,1-4H3,(H,22,24). The normalized spacial score (nSPS) is 15.1. The molecule has 140 valence electrons. The van der Waals surface area contributed by atoms with Crippen LogP contribution < -0.4 is 15.0 Å². The summed E-state index contributed by atoms with van der Waals surface area (Å²) in [7, 11) is 3.33. The van der Waals surface area contributed by atoms with Gasteiger partial charge >= 0.3 is 0 Å². The van der Waals surface area contributed by atoms with Crippen LogP contribution in [0.15, 0.2) is 52.3 Å². The van der Waals surface area contributed by atoms with Crippen molar-refractivity contribution in [3.05, 3.63) is 58.5 Å². The molecule has 2 aromatic carbocycles. The van der Waals surface area contributed by atoms with Crippen molar-refractivity contribution < 1.29 is 14.3 Å². The monoisotopic (exact) mass is 382 g/mol. The number of ether oxygens (including phenoxy) is 1. The molecule has 0 spiro atoms. The highest BCUT2D eigenvalue weighted by Gasteiger charge is 2.27. The average Bonchev–Trinajstić information content (AvgIpc) is 2.65. The van der Waals surface area contributed by atoms with Crippen molar-refractivity contribution in [2.75, 3.05) is 19.1 Å². The van der Waals surface area contributed by atoms with E-state index in [0.717, 1.165) is 16.1 Å². The molecule has 0 atom stereocenters. The number of thioether (sulfide) groups is 1. The molecule has 6 heteroatoms. The van der Waals surface area contributed by atoms with Gasteiger partial charge in [0.15, 0.2) is 0 Å². The van der Waals surface area contributed by atoms with Gasteiger partial charge in [-0.3, -0.25) is 9.59 Å². The molecule has 0 aliphatic carbocycles. The Balaban J connectivity index is 1.95. The first kappa shape index (κ1) is 19.0. The number of amides is 2. The highest BCUT2D eigenvalue weighted by Crippen LogP contribution is 2.42. The van der Waals surface area contributed by atoms with Gasteiger partial charge in [0.25, 0.3) is 11.8 Å². The Morgan fingerprint density at radius 2 is 1.96 bits per heavy atom. The largest absolute Gasteiger partial charge is 0.496 e. The fourth-order valence-electron chi connectivity index (χ4n) is 2.81. The van der Waals surface area contributed by atoms with Crippen molar-refractivity contribution in [2.24, 2.45) is 0 Å². The zero-order chi connectivity index (χ0) is 19.6. The lowest BCUT2D eigenvalue weighted by Crippen LogP contribution is -2.32. The van der Waals surface area contributed by atoms with Crippen molar-refractivity contribution in [1.82, 2.24) is 5.32 Å². The van der Waals surface area contributed by atoms with Crippen LogP contribution in [0.1, 0.15) is 29.8 Å². The zero-order valence-electron chi connectivity index (χ0n) is 15.8. The van der Waals surface area contributed by atoms with Crippen LogP contribution in [0.25, 0.3) is 6.08 Å². The van der Waals surface area contributed by atoms with Crippen LogP contribution >= 0.6 is 11.8 Å². The van der Waals surface area contributed by atoms with E-state index in [-0.39, 0.29) is 17.9 Å². The van der Waals surface area contributed by atoms with Crippen LogP contribution in [0.3, 0.4) is 0 Å². The summed E-state index contributed by atoms with van der Waals surface area (Å²) in [6, 6.07) is 13.1. The fraction of sp³-hybridized carbons (Fsp3) is 0.238. The summed E-state index contributed by atoms with van der Waals surface area (Å²) in [6.45, 7) is 3.83. The molecule has 2 aromatic rings. The number of likely N-dealkylation sites (N-methyl/N-ethyl adjacent to an activating group) is 1. The zero-order valence-corrected chi connectivity index (χ0v) is 16.6. The summed E-state index contributed by atoms with van der Waals surface area (Å²) >= 11 is 1.40. The molecule has 0 fully saturated rings. The number of rotatable bonds is 4. The quantitative estimate of drug-likeness (QED) is 0.814. The van der Waals surface area contributed by atoms with Crippen LogP contribution in [0.4, 0.5) is 5.69 Å². The number of benzene rings is 2. The van der Waals surface area contributed by atoms with E-state index in [1.165, 1.54) is 11.8 Å². The highest BCUT2D eigenvalue weighted by atomic mass is 32.2. The highest BCUT2D eigenvalue weighted by molar-refractivity contribution is 8.04. The predicted molar refractivity (Wildman–Crippen MR) is 109 cm³/mol. The van der Waals surface area contributed by atoms with E-state index in [0.29, 0.717) is 16.2 Å². The molecule has 0 bridgehead atoms. The minimum atomic E-state index is -0.144. The van der Waals surface area contributed by atoms with Gasteiger partial charge in [-0.25, -0.2) is 0 Å². The second kappa shape index (κ2) is 7.88. The number of anilines is 1. The lowest BCUT2D eigenvalue weighted by molar-refractivity contribution is -0.114. The Kier molecular flexibility index (Phi) is 5.56. The van der Waals surface area contributed by atoms with E-state index < -0.39 is 0 Å². The van der Waals surface area contributed by atoms with Gasteiger partial charge in [-0.05, 0) is 44.2 Å². The molecule has 2 amide bonds. The third kappa shape index (κ3) is 4.01. The van der Waals surface area contributed by atoms with Gasteiger partial charge in [0.2, 0.25) is 0 Å². The van der Waals surface area contributed by atoms with E-state index in [2.05, 4.69) is 5.32 Å². The molecule has 5 nitrogen and oxygen atoms in total. The molecular formula is C21H22N2O3S. The number of carbonyl (C=O) groups is 2. The van der Waals surface area contributed by atoms with E-state index in [9.17, 15) is 9.59 Å². The van der Waals surface area contributed by atoms with Gasteiger partial charge in [0.05, 0.1) is 17.7 Å². The Morgan fingerprint density at radius 3 is 2.67 bits per heavy atom. The first-order valence-corrected chi connectivity index (χ1v) is 9.48. The number of nitrogens with one attached hydrogen (secondary N) is 1. The summed E-state index contributed by atoms with van der Waals surface area (Å²) in [5.74, 6) is 0.460. The van der Waals surface area contributed by atoms with Crippen LogP contribution in [0, 0.1) is 0 Å². The third-order valence-corrected chi connectivity index (χ3v) is 5.24. The van der Waals surface area contributed by atoms with Crippen molar-refractivity contribution in [2.45, 2.75) is 24.8 Å². The van der Waals surface area contributed by atoms with Crippen molar-refractivity contribution in [1.29, 1.82) is 0 Å². The number of para-hydroxylation sites is 1. The summed E-state index contributed by atoms with van der Waals surface area (Å²) in [6.07, 6.45) is 1.84. The van der Waals surface area contributed by atoms with Gasteiger partial charge in [0, 0.05) is 29.1 Å². The number of nitrogens with zero attached hydrogens (tertiary/aromatic N) is 1. The molecule has 1 heterocycles. The molecule has 27 heavy (non-hydrogen) atoms. The van der Waals surface area contributed by atoms with Crippen molar-refractivity contribution in [3.63, 3.8) is 0 Å². The molecule has 0 aromatic heterocycles. The van der Waals surface area contributed by atoms with Gasteiger partial charge in [-0.1, -0.05) is 30.0 Å². The van der Waals surface area contributed by atoms with Crippen LogP contribution in [-0.2, 0) is 4.79 Å². The molecule has 0 saturated carbocycles. The maximum atomic E-state index is 12.8. The molecule has 1 aliphatic heterocycles. The van der Waals surface area contributed by atoms with Gasteiger partial charge in [-0.2, -0.15) is 0 Å². The maximum absolute atomic E-state index is 12.8. The van der Waals surface area contributed by atoms with E-state index in [1.54, 1.807) is 31.2 Å². The Morgan fingerprint density at radius 1 is 1.22 bits per heavy atom. The number of carbonyl (C=O) groups excluding carboxylic acids is 2. The molecule has 0 unspecified atom stereocenters. The van der Waals surface area contributed by atoms with Crippen LogP contribution in [0.5, 0.6) is 5.75 Å². The first-order chi connectivity index (χ1) is 12.9. The van der Waals surface area contributed by atoms with Gasteiger partial charge in [0.1, 0.15) is 5.75 Å². The minimum absolute atomic E-state index is 0.0534. The molecule has 1 aliphatic rings. The lowest BCUT2D eigenvalue weighted by atomic mass is 10.1. The SMILES string of the molecule is COc1ccccc1C=C1Sc2ccc(C(=O)NC(C)C)cc2N(C)C1=O.